The number of nitrogens with zero attached hydrogens (tertiary/aromatic N) is 2. The molecule has 2 aliphatic rings. The van der Waals surface area contributed by atoms with Gasteiger partial charge in [-0.1, -0.05) is 0 Å². The number of benzene rings is 2. The van der Waals surface area contributed by atoms with E-state index in [1.807, 2.05) is 17.8 Å². The number of ketones is 1. The Balaban J connectivity index is 1.87. The smallest absolute Gasteiger partial charge is 0.208 e. The number of fused-ring (bicyclic) bond motifs is 2. The number of hydrogen-bond donors (Lipinski definition) is 0. The van der Waals surface area contributed by atoms with Gasteiger partial charge < -0.3 is 4.90 Å². The molecule has 2 aromatic carbocycles. The molecular weight excluding hydrogens is 356 g/mol. The van der Waals surface area contributed by atoms with Crippen LogP contribution in [0.3, 0.4) is 0 Å². The van der Waals surface area contributed by atoms with Gasteiger partial charge in [0.1, 0.15) is 0 Å². The van der Waals surface area contributed by atoms with Gasteiger partial charge in [0.05, 0.1) is 21.4 Å². The summed E-state index contributed by atoms with van der Waals surface area (Å²) in [6.45, 7) is 1.76. The molecular formula is C18H14N2O3S2. The first-order chi connectivity index (χ1) is 12.0. The van der Waals surface area contributed by atoms with E-state index in [1.54, 1.807) is 12.1 Å². The van der Waals surface area contributed by atoms with Crippen LogP contribution in [0.5, 0.6) is 0 Å². The summed E-state index contributed by atoms with van der Waals surface area (Å²) in [5.41, 5.74) is 1.45. The monoisotopic (exact) mass is 370 g/mol. The summed E-state index contributed by atoms with van der Waals surface area (Å²) in [6.07, 6.45) is 0. The zero-order chi connectivity index (χ0) is 17.6. The Hall–Kier alpha value is -2.30. The third kappa shape index (κ3) is 2.53. The molecule has 1 fully saturated rings. The summed E-state index contributed by atoms with van der Waals surface area (Å²) in [4.78, 5) is 15.0. The minimum atomic E-state index is -3.81. The molecule has 7 heteroatoms. The molecule has 5 nitrogen and oxygen atoms in total. The van der Waals surface area contributed by atoms with Crippen LogP contribution < -0.4 is 4.90 Å². The average molecular weight is 370 g/mol. The van der Waals surface area contributed by atoms with Gasteiger partial charge in [-0.25, -0.2) is 8.42 Å². The highest BCUT2D eigenvalue weighted by Crippen LogP contribution is 2.37. The number of carbonyl (C=O) groups excluding carboxylic acids is 1. The van der Waals surface area contributed by atoms with Crippen LogP contribution in [0.4, 0.5) is 5.69 Å². The van der Waals surface area contributed by atoms with Gasteiger partial charge in [0.25, 0.3) is 0 Å². The van der Waals surface area contributed by atoms with E-state index < -0.39 is 9.84 Å². The first kappa shape index (κ1) is 16.2. The van der Waals surface area contributed by atoms with Crippen LogP contribution in [0.1, 0.15) is 21.5 Å². The highest BCUT2D eigenvalue weighted by atomic mass is 32.2. The lowest BCUT2D eigenvalue weighted by Crippen LogP contribution is -2.32. The van der Waals surface area contributed by atoms with E-state index in [0.717, 1.165) is 30.3 Å². The molecule has 0 amide bonds. The predicted molar refractivity (Wildman–Crippen MR) is 96.0 cm³/mol. The van der Waals surface area contributed by atoms with E-state index in [9.17, 15) is 13.2 Å². The maximum Gasteiger partial charge on any atom is 0.208 e. The lowest BCUT2D eigenvalue weighted by molar-refractivity contribution is 0.103. The Morgan fingerprint density at radius 1 is 1.00 bits per heavy atom. The quantitative estimate of drug-likeness (QED) is 0.655. The largest absolute Gasteiger partial charge is 0.370 e. The second kappa shape index (κ2) is 5.90. The fourth-order valence-electron chi connectivity index (χ4n) is 3.21. The van der Waals surface area contributed by atoms with Crippen molar-refractivity contribution in [2.24, 2.45) is 0 Å². The van der Waals surface area contributed by atoms with Gasteiger partial charge in [0.15, 0.2) is 5.78 Å². The van der Waals surface area contributed by atoms with E-state index in [4.69, 9.17) is 5.26 Å². The standard InChI is InChI=1S/C18H14N2O3S2/c19-11-12-1-3-14-17(9-12)25(22,23)16-4-2-13(10-15(16)18(14)21)20-5-7-24-8-6-20/h1-4,9-10H,5-8H2. The van der Waals surface area contributed by atoms with Gasteiger partial charge >= 0.3 is 0 Å². The lowest BCUT2D eigenvalue weighted by atomic mass is 10.0. The van der Waals surface area contributed by atoms with E-state index in [-0.39, 0.29) is 32.3 Å². The van der Waals surface area contributed by atoms with Crippen molar-refractivity contribution in [1.29, 1.82) is 5.26 Å². The molecule has 25 heavy (non-hydrogen) atoms. The Bertz CT molecular complexity index is 1030. The van der Waals surface area contributed by atoms with Crippen molar-refractivity contribution in [3.8, 4) is 6.07 Å². The minimum absolute atomic E-state index is 0.0234. The normalized spacial score (nSPS) is 18.2. The first-order valence-electron chi connectivity index (χ1n) is 7.83. The molecule has 0 atom stereocenters. The molecule has 1 saturated heterocycles. The fourth-order valence-corrected chi connectivity index (χ4v) is 5.77. The second-order valence-corrected chi connectivity index (χ2v) is 9.05. The minimum Gasteiger partial charge on any atom is -0.370 e. The van der Waals surface area contributed by atoms with Gasteiger partial charge in [-0.05, 0) is 36.4 Å². The molecule has 0 bridgehead atoms. The van der Waals surface area contributed by atoms with Crippen LogP contribution in [-0.2, 0) is 9.84 Å². The summed E-state index contributed by atoms with van der Waals surface area (Å²) in [5.74, 6) is 1.73. The Labute approximate surface area is 150 Å². The van der Waals surface area contributed by atoms with Crippen LogP contribution in [-0.4, -0.2) is 38.8 Å². The van der Waals surface area contributed by atoms with E-state index in [2.05, 4.69) is 4.90 Å². The van der Waals surface area contributed by atoms with Crippen molar-refractivity contribution in [2.45, 2.75) is 9.79 Å². The fraction of sp³-hybridized carbons (Fsp3) is 0.222. The first-order valence-corrected chi connectivity index (χ1v) is 10.5. The maximum atomic E-state index is 12.9. The number of anilines is 1. The molecule has 2 aromatic rings. The van der Waals surface area contributed by atoms with E-state index in [1.165, 1.54) is 24.3 Å². The van der Waals surface area contributed by atoms with Gasteiger partial charge in [0.2, 0.25) is 9.84 Å². The number of thioether (sulfide) groups is 1. The van der Waals surface area contributed by atoms with Crippen LogP contribution in [0.2, 0.25) is 0 Å². The van der Waals surface area contributed by atoms with Crippen molar-refractivity contribution in [2.75, 3.05) is 29.5 Å². The summed E-state index contributed by atoms with van der Waals surface area (Å²) in [6, 6.07) is 11.1. The molecule has 0 saturated carbocycles. The predicted octanol–water partition coefficient (Wildman–Crippen LogP) is 2.49. The molecule has 0 unspecified atom stereocenters. The Morgan fingerprint density at radius 2 is 1.76 bits per heavy atom. The molecule has 2 heterocycles. The third-order valence-electron chi connectivity index (χ3n) is 4.52. The highest BCUT2D eigenvalue weighted by Gasteiger charge is 2.35. The van der Waals surface area contributed by atoms with Crippen LogP contribution in [0.25, 0.3) is 0 Å². The molecule has 0 aliphatic carbocycles. The van der Waals surface area contributed by atoms with Crippen molar-refractivity contribution in [1.82, 2.24) is 0 Å². The zero-order valence-corrected chi connectivity index (χ0v) is 14.9. The van der Waals surface area contributed by atoms with Gasteiger partial charge in [0, 0.05) is 41.4 Å². The molecule has 0 N–H and O–H groups in total. The number of carbonyl (C=O) groups is 1. The van der Waals surface area contributed by atoms with Gasteiger partial charge in [-0.15, -0.1) is 0 Å². The van der Waals surface area contributed by atoms with Crippen molar-refractivity contribution < 1.29 is 13.2 Å². The second-order valence-electron chi connectivity index (χ2n) is 5.94. The van der Waals surface area contributed by atoms with E-state index in [0.29, 0.717) is 0 Å². The molecule has 126 valence electrons. The molecule has 0 aromatic heterocycles. The third-order valence-corrected chi connectivity index (χ3v) is 7.31. The summed E-state index contributed by atoms with van der Waals surface area (Å²) >= 11 is 1.89. The molecule has 0 spiro atoms. The van der Waals surface area contributed by atoms with Gasteiger partial charge in [-0.2, -0.15) is 17.0 Å². The zero-order valence-electron chi connectivity index (χ0n) is 13.2. The van der Waals surface area contributed by atoms with Crippen LogP contribution in [0, 0.1) is 11.3 Å². The average Bonchev–Trinajstić information content (AvgIpc) is 2.66. The Morgan fingerprint density at radius 3 is 2.48 bits per heavy atom. The van der Waals surface area contributed by atoms with Gasteiger partial charge in [-0.3, -0.25) is 4.79 Å². The van der Waals surface area contributed by atoms with Crippen molar-refractivity contribution in [3.63, 3.8) is 0 Å². The molecule has 2 aliphatic heterocycles. The summed E-state index contributed by atoms with van der Waals surface area (Å²) < 4.78 is 25.8. The lowest BCUT2D eigenvalue weighted by Gasteiger charge is -2.29. The molecule has 0 radical (unpaired) electrons. The highest BCUT2D eigenvalue weighted by molar-refractivity contribution is 7.99. The number of hydrogen-bond acceptors (Lipinski definition) is 6. The molecule has 4 rings (SSSR count). The van der Waals surface area contributed by atoms with Crippen molar-refractivity contribution >= 4 is 33.1 Å². The topological polar surface area (TPSA) is 78.2 Å². The summed E-state index contributed by atoms with van der Waals surface area (Å²) in [7, 11) is -3.81. The Kier molecular flexibility index (Phi) is 3.82. The number of sulfone groups is 1. The van der Waals surface area contributed by atoms with Crippen LogP contribution >= 0.6 is 11.8 Å². The maximum absolute atomic E-state index is 12.9. The van der Waals surface area contributed by atoms with Crippen LogP contribution in [0.15, 0.2) is 46.2 Å². The summed E-state index contributed by atoms with van der Waals surface area (Å²) in [5, 5.41) is 9.01. The van der Waals surface area contributed by atoms with Crippen molar-refractivity contribution in [3.05, 3.63) is 53.1 Å². The number of nitriles is 1. The number of rotatable bonds is 1. The van der Waals surface area contributed by atoms with E-state index >= 15 is 0 Å². The SMILES string of the molecule is N#Cc1ccc2c(c1)S(=O)(=O)c1ccc(N3CCSCC3)cc1C2=O.